The molecule has 4 nitrogen and oxygen atoms in total. The second-order valence-corrected chi connectivity index (χ2v) is 7.11. The van der Waals surface area contributed by atoms with E-state index in [-0.39, 0.29) is 17.5 Å². The van der Waals surface area contributed by atoms with Crippen molar-refractivity contribution in [1.82, 2.24) is 4.90 Å². The molecule has 1 atom stereocenters. The van der Waals surface area contributed by atoms with E-state index in [9.17, 15) is 13.5 Å². The number of sulfone groups is 1. The molecule has 0 bridgehead atoms. The predicted molar refractivity (Wildman–Crippen MR) is 71.4 cm³/mol. The summed E-state index contributed by atoms with van der Waals surface area (Å²) in [4.78, 5) is 2.19. The Bertz CT molecular complexity index is 495. The highest BCUT2D eigenvalue weighted by atomic mass is 32.2. The monoisotopic (exact) mass is 269 g/mol. The number of benzene rings is 1. The molecule has 1 N–H and O–H groups in total. The molecule has 1 fully saturated rings. The third-order valence-electron chi connectivity index (χ3n) is 3.51. The SMILES string of the molecule is CC(c1ccc(O)cc1)N1CCCS(=O)(=O)CC1. The maximum Gasteiger partial charge on any atom is 0.151 e. The third kappa shape index (κ3) is 3.23. The van der Waals surface area contributed by atoms with Gasteiger partial charge in [0.25, 0.3) is 0 Å². The number of hydrogen-bond acceptors (Lipinski definition) is 4. The van der Waals surface area contributed by atoms with Crippen molar-refractivity contribution in [2.75, 3.05) is 24.6 Å². The minimum absolute atomic E-state index is 0.180. The van der Waals surface area contributed by atoms with Gasteiger partial charge in [-0.1, -0.05) is 12.1 Å². The topological polar surface area (TPSA) is 57.6 Å². The molecule has 1 aromatic carbocycles. The lowest BCUT2D eigenvalue weighted by atomic mass is 10.1. The zero-order valence-corrected chi connectivity index (χ0v) is 11.4. The third-order valence-corrected chi connectivity index (χ3v) is 5.23. The Morgan fingerprint density at radius 2 is 1.83 bits per heavy atom. The van der Waals surface area contributed by atoms with E-state index >= 15 is 0 Å². The van der Waals surface area contributed by atoms with Gasteiger partial charge in [0.05, 0.1) is 11.5 Å². The first-order valence-electron chi connectivity index (χ1n) is 6.21. The predicted octanol–water partition coefficient (Wildman–Crippen LogP) is 1.57. The molecule has 1 unspecified atom stereocenters. The van der Waals surface area contributed by atoms with Gasteiger partial charge >= 0.3 is 0 Å². The highest BCUT2D eigenvalue weighted by molar-refractivity contribution is 7.91. The van der Waals surface area contributed by atoms with Gasteiger partial charge in [-0.15, -0.1) is 0 Å². The Kier molecular flexibility index (Phi) is 3.92. The van der Waals surface area contributed by atoms with E-state index in [1.54, 1.807) is 12.1 Å². The summed E-state index contributed by atoms with van der Waals surface area (Å²) < 4.78 is 23.1. The summed E-state index contributed by atoms with van der Waals surface area (Å²) in [5.41, 5.74) is 1.10. The summed E-state index contributed by atoms with van der Waals surface area (Å²) in [5, 5.41) is 9.27. The highest BCUT2D eigenvalue weighted by Gasteiger charge is 2.23. The van der Waals surface area contributed by atoms with Crippen LogP contribution in [0.2, 0.25) is 0 Å². The number of nitrogens with zero attached hydrogens (tertiary/aromatic N) is 1. The van der Waals surface area contributed by atoms with Crippen LogP contribution in [0.3, 0.4) is 0 Å². The van der Waals surface area contributed by atoms with Crippen molar-refractivity contribution in [3.63, 3.8) is 0 Å². The quantitative estimate of drug-likeness (QED) is 0.885. The molecular weight excluding hydrogens is 250 g/mol. The summed E-state index contributed by atoms with van der Waals surface area (Å²) in [6, 6.07) is 7.29. The Labute approximate surface area is 108 Å². The lowest BCUT2D eigenvalue weighted by molar-refractivity contribution is 0.227. The number of phenols is 1. The molecule has 0 aliphatic carbocycles. The molecular formula is C13H19NO3S. The van der Waals surface area contributed by atoms with Gasteiger partial charge in [-0.25, -0.2) is 8.42 Å². The highest BCUT2D eigenvalue weighted by Crippen LogP contribution is 2.23. The molecule has 1 aliphatic heterocycles. The molecule has 100 valence electrons. The molecule has 5 heteroatoms. The van der Waals surface area contributed by atoms with E-state index in [1.807, 2.05) is 12.1 Å². The van der Waals surface area contributed by atoms with Crippen molar-refractivity contribution < 1.29 is 13.5 Å². The first-order valence-corrected chi connectivity index (χ1v) is 8.03. The van der Waals surface area contributed by atoms with Crippen LogP contribution in [0.15, 0.2) is 24.3 Å². The van der Waals surface area contributed by atoms with Crippen molar-refractivity contribution in [2.24, 2.45) is 0 Å². The molecule has 0 radical (unpaired) electrons. The zero-order chi connectivity index (χ0) is 13.2. The number of rotatable bonds is 2. The summed E-state index contributed by atoms with van der Waals surface area (Å²) in [6.45, 7) is 3.47. The fraction of sp³-hybridized carbons (Fsp3) is 0.538. The number of hydrogen-bond donors (Lipinski definition) is 1. The first-order chi connectivity index (χ1) is 8.48. The molecule has 0 aromatic heterocycles. The summed E-state index contributed by atoms with van der Waals surface area (Å²) in [7, 11) is -2.86. The van der Waals surface area contributed by atoms with Crippen LogP contribution in [-0.4, -0.2) is 43.0 Å². The van der Waals surface area contributed by atoms with Gasteiger partial charge in [0.2, 0.25) is 0 Å². The van der Waals surface area contributed by atoms with Gasteiger partial charge in [-0.2, -0.15) is 0 Å². The van der Waals surface area contributed by atoms with E-state index < -0.39 is 9.84 Å². The van der Waals surface area contributed by atoms with Crippen molar-refractivity contribution >= 4 is 9.84 Å². The minimum atomic E-state index is -2.86. The van der Waals surface area contributed by atoms with E-state index in [1.165, 1.54) is 0 Å². The largest absolute Gasteiger partial charge is 0.508 e. The molecule has 0 spiro atoms. The van der Waals surface area contributed by atoms with Gasteiger partial charge in [0.15, 0.2) is 9.84 Å². The van der Waals surface area contributed by atoms with Crippen molar-refractivity contribution in [2.45, 2.75) is 19.4 Å². The van der Waals surface area contributed by atoms with Crippen molar-refractivity contribution in [1.29, 1.82) is 0 Å². The van der Waals surface area contributed by atoms with E-state index in [4.69, 9.17) is 0 Å². The van der Waals surface area contributed by atoms with Gasteiger partial charge < -0.3 is 5.11 Å². The molecule has 2 rings (SSSR count). The molecule has 0 amide bonds. The number of aromatic hydroxyl groups is 1. The van der Waals surface area contributed by atoms with Crippen LogP contribution in [0.25, 0.3) is 0 Å². The van der Waals surface area contributed by atoms with Crippen LogP contribution in [0.5, 0.6) is 5.75 Å². The summed E-state index contributed by atoms with van der Waals surface area (Å²) in [5.74, 6) is 0.797. The van der Waals surface area contributed by atoms with Gasteiger partial charge in [-0.3, -0.25) is 4.90 Å². The van der Waals surface area contributed by atoms with E-state index in [0.29, 0.717) is 18.7 Å². The van der Waals surface area contributed by atoms with E-state index in [2.05, 4.69) is 11.8 Å². The Morgan fingerprint density at radius 3 is 2.50 bits per heavy atom. The van der Waals surface area contributed by atoms with Crippen LogP contribution in [0, 0.1) is 0 Å². The normalized spacial score (nSPS) is 22.3. The molecule has 0 saturated carbocycles. The fourth-order valence-corrected chi connectivity index (χ4v) is 3.59. The molecule has 1 saturated heterocycles. The standard InChI is InChI=1S/C13H19NO3S/c1-11(12-3-5-13(15)6-4-12)14-7-2-9-18(16,17)10-8-14/h3-6,11,15H,2,7-10H2,1H3. The fourth-order valence-electron chi connectivity index (χ4n) is 2.31. The maximum atomic E-state index is 11.6. The van der Waals surface area contributed by atoms with Crippen LogP contribution in [0.4, 0.5) is 0 Å². The first kappa shape index (κ1) is 13.4. The van der Waals surface area contributed by atoms with E-state index in [0.717, 1.165) is 12.1 Å². The Morgan fingerprint density at radius 1 is 1.17 bits per heavy atom. The van der Waals surface area contributed by atoms with Crippen LogP contribution >= 0.6 is 0 Å². The van der Waals surface area contributed by atoms with Crippen molar-refractivity contribution in [3.05, 3.63) is 29.8 Å². The van der Waals surface area contributed by atoms with Crippen LogP contribution < -0.4 is 0 Å². The van der Waals surface area contributed by atoms with Crippen LogP contribution in [-0.2, 0) is 9.84 Å². The minimum Gasteiger partial charge on any atom is -0.508 e. The van der Waals surface area contributed by atoms with Gasteiger partial charge in [0.1, 0.15) is 5.75 Å². The summed E-state index contributed by atoms with van der Waals surface area (Å²) in [6.07, 6.45) is 0.699. The smallest absolute Gasteiger partial charge is 0.151 e. The second kappa shape index (κ2) is 5.28. The zero-order valence-electron chi connectivity index (χ0n) is 10.5. The van der Waals surface area contributed by atoms with Crippen molar-refractivity contribution in [3.8, 4) is 5.75 Å². The van der Waals surface area contributed by atoms with Crippen LogP contribution in [0.1, 0.15) is 24.9 Å². The average Bonchev–Trinajstić information content (AvgIpc) is 2.50. The Balaban J connectivity index is 2.09. The second-order valence-electron chi connectivity index (χ2n) is 4.81. The average molecular weight is 269 g/mol. The maximum absolute atomic E-state index is 11.6. The molecule has 1 heterocycles. The summed E-state index contributed by atoms with van der Waals surface area (Å²) >= 11 is 0. The lowest BCUT2D eigenvalue weighted by Gasteiger charge is -2.27. The molecule has 1 aromatic rings. The number of phenolic OH excluding ortho intramolecular Hbond substituents is 1. The lowest BCUT2D eigenvalue weighted by Crippen LogP contribution is -2.30. The Hall–Kier alpha value is -1.07. The molecule has 18 heavy (non-hydrogen) atoms. The van der Waals surface area contributed by atoms with Gasteiger partial charge in [-0.05, 0) is 37.6 Å². The molecule has 1 aliphatic rings. The van der Waals surface area contributed by atoms with Gasteiger partial charge in [0, 0.05) is 12.6 Å².